The van der Waals surface area contributed by atoms with Gasteiger partial charge in [0.15, 0.2) is 0 Å². The molecule has 0 aliphatic carbocycles. The number of hydrogen-bond acceptors (Lipinski definition) is 5. The van der Waals surface area contributed by atoms with E-state index < -0.39 is 10.0 Å². The van der Waals surface area contributed by atoms with E-state index in [1.54, 1.807) is 26.2 Å². The van der Waals surface area contributed by atoms with Crippen LogP contribution in [0, 0.1) is 6.92 Å². The van der Waals surface area contributed by atoms with E-state index in [9.17, 15) is 13.2 Å². The van der Waals surface area contributed by atoms with E-state index in [4.69, 9.17) is 4.74 Å². The van der Waals surface area contributed by atoms with Crippen molar-refractivity contribution in [3.05, 3.63) is 29.3 Å². The topological polar surface area (TPSA) is 78.9 Å². The molecule has 0 saturated carbocycles. The number of aryl methyl sites for hydroxylation is 1. The number of amides is 1. The van der Waals surface area contributed by atoms with Gasteiger partial charge in [0.05, 0.1) is 4.90 Å². The van der Waals surface area contributed by atoms with Crippen molar-refractivity contribution >= 4 is 15.9 Å². The van der Waals surface area contributed by atoms with Crippen molar-refractivity contribution in [2.24, 2.45) is 0 Å². The Kier molecular flexibility index (Phi) is 6.95. The van der Waals surface area contributed by atoms with Crippen LogP contribution in [0.4, 0.5) is 0 Å². The third-order valence-electron chi connectivity index (χ3n) is 4.34. The summed E-state index contributed by atoms with van der Waals surface area (Å²) in [7, 11) is -0.0102. The monoisotopic (exact) mass is 369 g/mol. The van der Waals surface area contributed by atoms with Gasteiger partial charge in [-0.15, -0.1) is 0 Å². The predicted octanol–water partition coefficient (Wildman–Crippen LogP) is 0.697. The first-order chi connectivity index (χ1) is 11.9. The van der Waals surface area contributed by atoms with Crippen molar-refractivity contribution < 1.29 is 17.9 Å². The van der Waals surface area contributed by atoms with Gasteiger partial charge >= 0.3 is 0 Å². The summed E-state index contributed by atoms with van der Waals surface area (Å²) in [6, 6.07) is 4.83. The Labute approximate surface area is 150 Å². The third kappa shape index (κ3) is 5.01. The highest BCUT2D eigenvalue weighted by atomic mass is 32.2. The summed E-state index contributed by atoms with van der Waals surface area (Å²) in [5.41, 5.74) is 1.01. The second kappa shape index (κ2) is 8.75. The molecule has 25 heavy (non-hydrogen) atoms. The Morgan fingerprint density at radius 1 is 1.24 bits per heavy atom. The first kappa shape index (κ1) is 19.8. The van der Waals surface area contributed by atoms with Crippen molar-refractivity contribution in [1.29, 1.82) is 0 Å². The molecule has 1 saturated heterocycles. The lowest BCUT2D eigenvalue weighted by Gasteiger charge is -2.32. The van der Waals surface area contributed by atoms with Crippen LogP contribution in [0.3, 0.4) is 0 Å². The summed E-state index contributed by atoms with van der Waals surface area (Å²) in [4.78, 5) is 14.6. The summed E-state index contributed by atoms with van der Waals surface area (Å²) in [6.07, 6.45) is 0.709. The van der Waals surface area contributed by atoms with Crippen molar-refractivity contribution in [3.63, 3.8) is 0 Å². The second-order valence-corrected chi connectivity index (χ2v) is 8.20. The lowest BCUT2D eigenvalue weighted by atomic mass is 10.1. The van der Waals surface area contributed by atoms with Crippen LogP contribution in [-0.2, 0) is 14.8 Å². The molecule has 1 aromatic rings. The fraction of sp³-hybridized carbons (Fsp3) is 0.588. The van der Waals surface area contributed by atoms with E-state index in [0.29, 0.717) is 56.9 Å². The molecule has 1 fully saturated rings. The number of sulfonamides is 1. The van der Waals surface area contributed by atoms with Gasteiger partial charge in [0, 0.05) is 52.0 Å². The summed E-state index contributed by atoms with van der Waals surface area (Å²) >= 11 is 0. The minimum atomic E-state index is -3.59. The normalized spacial score (nSPS) is 16.8. The van der Waals surface area contributed by atoms with Gasteiger partial charge in [-0.2, -0.15) is 4.31 Å². The molecule has 1 aliphatic heterocycles. The van der Waals surface area contributed by atoms with Crippen molar-refractivity contribution in [1.82, 2.24) is 14.5 Å². The van der Waals surface area contributed by atoms with Crippen molar-refractivity contribution in [2.75, 3.05) is 53.5 Å². The van der Waals surface area contributed by atoms with E-state index in [1.165, 1.54) is 10.4 Å². The lowest BCUT2D eigenvalue weighted by molar-refractivity contribution is 0.0948. The summed E-state index contributed by atoms with van der Waals surface area (Å²) in [6.45, 7) is 5.15. The molecule has 0 spiro atoms. The number of ether oxygens (including phenoxy) is 1. The van der Waals surface area contributed by atoms with Crippen molar-refractivity contribution in [2.45, 2.75) is 18.2 Å². The predicted molar refractivity (Wildman–Crippen MR) is 96.3 cm³/mol. The SMILES string of the molecule is COCCCNC(=O)c1ccc(C)c(S(=O)(=O)N2CCN(C)CC2)c1. The zero-order valence-corrected chi connectivity index (χ0v) is 15.9. The number of carbonyl (C=O) groups excluding carboxylic acids is 1. The Morgan fingerprint density at radius 2 is 1.92 bits per heavy atom. The molecule has 1 amide bonds. The van der Waals surface area contributed by atoms with Gasteiger partial charge in [0.2, 0.25) is 10.0 Å². The number of rotatable bonds is 7. The van der Waals surface area contributed by atoms with Gasteiger partial charge in [0.25, 0.3) is 5.91 Å². The Bertz CT molecular complexity index is 698. The van der Waals surface area contributed by atoms with E-state index in [2.05, 4.69) is 10.2 Å². The van der Waals surface area contributed by atoms with Gasteiger partial charge in [-0.05, 0) is 38.1 Å². The number of benzene rings is 1. The molecule has 140 valence electrons. The fourth-order valence-corrected chi connectivity index (χ4v) is 4.38. The van der Waals surface area contributed by atoms with Gasteiger partial charge in [-0.3, -0.25) is 4.79 Å². The van der Waals surface area contributed by atoms with Gasteiger partial charge in [0.1, 0.15) is 0 Å². The number of piperazine rings is 1. The molecular formula is C17H27N3O4S. The van der Waals surface area contributed by atoms with E-state index in [0.717, 1.165) is 0 Å². The van der Waals surface area contributed by atoms with Crippen LogP contribution in [0.1, 0.15) is 22.3 Å². The van der Waals surface area contributed by atoms with E-state index in [1.807, 2.05) is 7.05 Å². The molecule has 0 atom stereocenters. The molecule has 2 rings (SSSR count). The Balaban J connectivity index is 2.16. The minimum Gasteiger partial charge on any atom is -0.385 e. The number of nitrogens with one attached hydrogen (secondary N) is 1. The maximum atomic E-state index is 12.9. The molecule has 0 radical (unpaired) electrons. The highest BCUT2D eigenvalue weighted by Crippen LogP contribution is 2.22. The largest absolute Gasteiger partial charge is 0.385 e. The van der Waals surface area contributed by atoms with Crippen LogP contribution in [0.25, 0.3) is 0 Å². The summed E-state index contributed by atoms with van der Waals surface area (Å²) in [5, 5.41) is 2.78. The minimum absolute atomic E-state index is 0.210. The molecule has 1 aromatic carbocycles. The molecule has 1 aliphatic rings. The summed E-state index contributed by atoms with van der Waals surface area (Å²) < 4.78 is 32.3. The third-order valence-corrected chi connectivity index (χ3v) is 6.38. The highest BCUT2D eigenvalue weighted by Gasteiger charge is 2.29. The summed E-state index contributed by atoms with van der Waals surface area (Å²) in [5.74, 6) is -0.272. The number of methoxy groups -OCH3 is 1. The molecule has 1 heterocycles. The first-order valence-electron chi connectivity index (χ1n) is 8.42. The average molecular weight is 369 g/mol. The quantitative estimate of drug-likeness (QED) is 0.716. The van der Waals surface area contributed by atoms with Crippen molar-refractivity contribution in [3.8, 4) is 0 Å². The second-order valence-electron chi connectivity index (χ2n) is 6.29. The average Bonchev–Trinajstić information content (AvgIpc) is 2.59. The van der Waals surface area contributed by atoms with Crippen LogP contribution in [0.5, 0.6) is 0 Å². The van der Waals surface area contributed by atoms with Crippen LogP contribution >= 0.6 is 0 Å². The number of nitrogens with zero attached hydrogens (tertiary/aromatic N) is 2. The molecule has 1 N–H and O–H groups in total. The molecule has 7 nitrogen and oxygen atoms in total. The smallest absolute Gasteiger partial charge is 0.251 e. The zero-order chi connectivity index (χ0) is 18.4. The van der Waals surface area contributed by atoms with Gasteiger partial charge in [-0.25, -0.2) is 8.42 Å². The standard InChI is InChI=1S/C17H27N3O4S/c1-14-5-6-15(17(21)18-7-4-12-24-3)13-16(14)25(22,23)20-10-8-19(2)9-11-20/h5-6,13H,4,7-12H2,1-3H3,(H,18,21). The van der Waals surface area contributed by atoms with Gasteiger partial charge in [-0.1, -0.05) is 6.07 Å². The number of carbonyl (C=O) groups is 1. The fourth-order valence-electron chi connectivity index (χ4n) is 2.71. The van der Waals surface area contributed by atoms with Gasteiger partial charge < -0.3 is 15.0 Å². The number of hydrogen-bond donors (Lipinski definition) is 1. The van der Waals surface area contributed by atoms with Crippen LogP contribution in [0.2, 0.25) is 0 Å². The molecule has 0 bridgehead atoms. The van der Waals surface area contributed by atoms with Crippen LogP contribution in [-0.4, -0.2) is 77.0 Å². The Hall–Kier alpha value is -1.48. The highest BCUT2D eigenvalue weighted by molar-refractivity contribution is 7.89. The molecule has 0 unspecified atom stereocenters. The van der Waals surface area contributed by atoms with Crippen LogP contribution in [0.15, 0.2) is 23.1 Å². The van der Waals surface area contributed by atoms with E-state index in [-0.39, 0.29) is 10.8 Å². The maximum absolute atomic E-state index is 12.9. The lowest BCUT2D eigenvalue weighted by Crippen LogP contribution is -2.47. The first-order valence-corrected chi connectivity index (χ1v) is 9.86. The number of likely N-dealkylation sites (N-methyl/N-ethyl adjacent to an activating group) is 1. The van der Waals surface area contributed by atoms with Crippen LogP contribution < -0.4 is 5.32 Å². The zero-order valence-electron chi connectivity index (χ0n) is 15.1. The molecule has 0 aromatic heterocycles. The Morgan fingerprint density at radius 3 is 2.56 bits per heavy atom. The van der Waals surface area contributed by atoms with E-state index >= 15 is 0 Å². The maximum Gasteiger partial charge on any atom is 0.251 e. The molecular weight excluding hydrogens is 342 g/mol. The molecule has 8 heteroatoms.